The number of esters is 1. The van der Waals surface area contributed by atoms with Gasteiger partial charge in [-0.3, -0.25) is 9.36 Å². The van der Waals surface area contributed by atoms with Crippen molar-refractivity contribution in [2.45, 2.75) is 40.7 Å². The second kappa shape index (κ2) is 7.83. The minimum absolute atomic E-state index is 0.316. The van der Waals surface area contributed by atoms with Gasteiger partial charge in [0.1, 0.15) is 5.76 Å². The lowest BCUT2D eigenvalue weighted by Crippen LogP contribution is -2.35. The predicted molar refractivity (Wildman–Crippen MR) is 93.3 cm³/mol. The number of likely N-dealkylation sites (N-methyl/N-ethyl adjacent to an activating group) is 1. The Morgan fingerprint density at radius 2 is 2.08 bits per heavy atom. The lowest BCUT2D eigenvalue weighted by Gasteiger charge is -2.10. The molecule has 0 saturated heterocycles. The highest BCUT2D eigenvalue weighted by Gasteiger charge is 2.16. The Morgan fingerprint density at radius 1 is 1.36 bits per heavy atom. The standard InChI is InChI=1S/C18H23N3O4/c1-6-19-18(23)14(5)24-17(22)8-7-15-9-11(2)21(13(15)4)16-10-12(3)25-20-16/h7-10,14H,6H2,1-5H3,(H,19,23)/b8-7+/t14-/m1/s1. The highest BCUT2D eigenvalue weighted by molar-refractivity contribution is 5.90. The van der Waals surface area contributed by atoms with Gasteiger partial charge in [-0.05, 0) is 52.3 Å². The van der Waals surface area contributed by atoms with Crippen LogP contribution in [0.3, 0.4) is 0 Å². The van der Waals surface area contributed by atoms with Crippen molar-refractivity contribution in [1.29, 1.82) is 0 Å². The van der Waals surface area contributed by atoms with E-state index in [2.05, 4.69) is 10.5 Å². The molecule has 2 heterocycles. The number of aromatic nitrogens is 2. The van der Waals surface area contributed by atoms with Crippen LogP contribution < -0.4 is 5.32 Å². The molecule has 0 aliphatic carbocycles. The summed E-state index contributed by atoms with van der Waals surface area (Å²) in [7, 11) is 0. The molecule has 7 heteroatoms. The fourth-order valence-electron chi connectivity index (χ4n) is 2.51. The molecular formula is C18H23N3O4. The van der Waals surface area contributed by atoms with Crippen molar-refractivity contribution in [3.05, 3.63) is 40.9 Å². The Balaban J connectivity index is 2.11. The van der Waals surface area contributed by atoms with E-state index in [0.717, 1.165) is 22.7 Å². The lowest BCUT2D eigenvalue weighted by molar-refractivity contribution is -0.150. The Morgan fingerprint density at radius 3 is 2.68 bits per heavy atom. The molecular weight excluding hydrogens is 322 g/mol. The molecule has 25 heavy (non-hydrogen) atoms. The van der Waals surface area contributed by atoms with Crippen LogP contribution in [0.5, 0.6) is 0 Å². The maximum atomic E-state index is 11.9. The first-order valence-corrected chi connectivity index (χ1v) is 8.12. The topological polar surface area (TPSA) is 86.4 Å². The predicted octanol–water partition coefficient (Wildman–Crippen LogP) is 2.47. The van der Waals surface area contributed by atoms with Crippen LogP contribution in [-0.4, -0.2) is 34.2 Å². The molecule has 134 valence electrons. The molecule has 0 radical (unpaired) electrons. The van der Waals surface area contributed by atoms with Gasteiger partial charge in [0.25, 0.3) is 5.91 Å². The molecule has 2 rings (SSSR count). The van der Waals surface area contributed by atoms with Gasteiger partial charge in [-0.1, -0.05) is 5.16 Å². The molecule has 1 amide bonds. The number of carbonyl (C=O) groups is 2. The maximum absolute atomic E-state index is 11.9. The van der Waals surface area contributed by atoms with Gasteiger partial charge in [-0.2, -0.15) is 0 Å². The molecule has 0 fully saturated rings. The first-order chi connectivity index (χ1) is 11.8. The fourth-order valence-corrected chi connectivity index (χ4v) is 2.51. The largest absolute Gasteiger partial charge is 0.449 e. The minimum Gasteiger partial charge on any atom is -0.449 e. The molecule has 1 atom stereocenters. The van der Waals surface area contributed by atoms with Gasteiger partial charge < -0.3 is 14.6 Å². The molecule has 0 bridgehead atoms. The van der Waals surface area contributed by atoms with Crippen molar-refractivity contribution in [2.24, 2.45) is 0 Å². The second-order valence-electron chi connectivity index (χ2n) is 5.76. The summed E-state index contributed by atoms with van der Waals surface area (Å²) in [5, 5.41) is 6.63. The van der Waals surface area contributed by atoms with E-state index < -0.39 is 12.1 Å². The third-order valence-electron chi connectivity index (χ3n) is 3.73. The number of hydrogen-bond donors (Lipinski definition) is 1. The van der Waals surface area contributed by atoms with Gasteiger partial charge in [0.2, 0.25) is 0 Å². The van der Waals surface area contributed by atoms with Gasteiger partial charge in [0.05, 0.1) is 0 Å². The first kappa shape index (κ1) is 18.5. The van der Waals surface area contributed by atoms with E-state index in [1.165, 1.54) is 13.0 Å². The average Bonchev–Trinajstić information content (AvgIpc) is 3.08. The van der Waals surface area contributed by atoms with Crippen LogP contribution in [0, 0.1) is 20.8 Å². The first-order valence-electron chi connectivity index (χ1n) is 8.12. The number of aryl methyl sites for hydroxylation is 2. The van der Waals surface area contributed by atoms with Gasteiger partial charge in [-0.25, -0.2) is 4.79 Å². The highest BCUT2D eigenvalue weighted by atomic mass is 16.5. The Bertz CT molecular complexity index is 801. The summed E-state index contributed by atoms with van der Waals surface area (Å²) in [6.07, 6.45) is 2.15. The summed E-state index contributed by atoms with van der Waals surface area (Å²) in [4.78, 5) is 23.5. The number of nitrogens with zero attached hydrogens (tertiary/aromatic N) is 2. The van der Waals surface area contributed by atoms with Gasteiger partial charge in [0, 0.05) is 30.1 Å². The van der Waals surface area contributed by atoms with E-state index in [1.807, 2.05) is 37.5 Å². The summed E-state index contributed by atoms with van der Waals surface area (Å²) >= 11 is 0. The van der Waals surface area contributed by atoms with Crippen LogP contribution in [-0.2, 0) is 14.3 Å². The summed E-state index contributed by atoms with van der Waals surface area (Å²) in [5.41, 5.74) is 2.75. The van der Waals surface area contributed by atoms with Crippen molar-refractivity contribution >= 4 is 18.0 Å². The van der Waals surface area contributed by atoms with Crippen LogP contribution in [0.2, 0.25) is 0 Å². The van der Waals surface area contributed by atoms with E-state index in [1.54, 1.807) is 13.0 Å². The molecule has 0 unspecified atom stereocenters. The highest BCUT2D eigenvalue weighted by Crippen LogP contribution is 2.21. The number of carbonyl (C=O) groups excluding carboxylic acids is 2. The van der Waals surface area contributed by atoms with E-state index in [4.69, 9.17) is 9.26 Å². The third-order valence-corrected chi connectivity index (χ3v) is 3.73. The Hall–Kier alpha value is -2.83. The zero-order valence-electron chi connectivity index (χ0n) is 15.1. The van der Waals surface area contributed by atoms with Crippen molar-refractivity contribution in [3.8, 4) is 5.82 Å². The van der Waals surface area contributed by atoms with Gasteiger partial charge >= 0.3 is 5.97 Å². The number of amides is 1. The molecule has 0 saturated carbocycles. The molecule has 0 aromatic carbocycles. The van der Waals surface area contributed by atoms with Crippen molar-refractivity contribution in [3.63, 3.8) is 0 Å². The van der Waals surface area contributed by atoms with Crippen LogP contribution >= 0.6 is 0 Å². The number of nitrogens with one attached hydrogen (secondary N) is 1. The monoisotopic (exact) mass is 345 g/mol. The van der Waals surface area contributed by atoms with Crippen LogP contribution in [0.4, 0.5) is 0 Å². The van der Waals surface area contributed by atoms with Crippen molar-refractivity contribution in [2.75, 3.05) is 6.54 Å². The quantitative estimate of drug-likeness (QED) is 0.642. The second-order valence-corrected chi connectivity index (χ2v) is 5.76. The van der Waals surface area contributed by atoms with Crippen LogP contribution in [0.25, 0.3) is 11.9 Å². The number of rotatable bonds is 6. The third kappa shape index (κ3) is 4.37. The number of hydrogen-bond acceptors (Lipinski definition) is 5. The minimum atomic E-state index is -0.831. The molecule has 2 aromatic heterocycles. The normalized spacial score (nSPS) is 12.4. The van der Waals surface area contributed by atoms with Crippen molar-refractivity contribution < 1.29 is 18.8 Å². The molecule has 1 N–H and O–H groups in total. The molecule has 2 aromatic rings. The summed E-state index contributed by atoms with van der Waals surface area (Å²) in [6.45, 7) is 9.54. The van der Waals surface area contributed by atoms with E-state index in [0.29, 0.717) is 12.4 Å². The van der Waals surface area contributed by atoms with E-state index >= 15 is 0 Å². The number of ether oxygens (including phenoxy) is 1. The Labute approximate surface area is 146 Å². The summed E-state index contributed by atoms with van der Waals surface area (Å²) < 4.78 is 12.1. The summed E-state index contributed by atoms with van der Waals surface area (Å²) in [5.74, 6) is 0.534. The maximum Gasteiger partial charge on any atom is 0.331 e. The average molecular weight is 345 g/mol. The Kier molecular flexibility index (Phi) is 5.80. The van der Waals surface area contributed by atoms with E-state index in [-0.39, 0.29) is 5.91 Å². The van der Waals surface area contributed by atoms with E-state index in [9.17, 15) is 9.59 Å². The molecule has 0 aliphatic heterocycles. The van der Waals surface area contributed by atoms with Crippen LogP contribution in [0.15, 0.2) is 22.7 Å². The van der Waals surface area contributed by atoms with Crippen molar-refractivity contribution in [1.82, 2.24) is 15.0 Å². The fraction of sp³-hybridized carbons (Fsp3) is 0.389. The summed E-state index contributed by atoms with van der Waals surface area (Å²) in [6, 6.07) is 3.78. The zero-order chi connectivity index (χ0) is 18.6. The van der Waals surface area contributed by atoms with Gasteiger partial charge in [-0.15, -0.1) is 0 Å². The smallest absolute Gasteiger partial charge is 0.331 e. The lowest BCUT2D eigenvalue weighted by atomic mass is 10.2. The molecule has 0 spiro atoms. The molecule has 0 aliphatic rings. The SMILES string of the molecule is CCNC(=O)[C@@H](C)OC(=O)/C=C/c1cc(C)n(-c2cc(C)on2)c1C. The van der Waals surface area contributed by atoms with Crippen LogP contribution in [0.1, 0.15) is 36.6 Å². The van der Waals surface area contributed by atoms with Gasteiger partial charge in [0.15, 0.2) is 11.9 Å². The zero-order valence-corrected chi connectivity index (χ0v) is 15.1. The molecule has 7 nitrogen and oxygen atoms in total.